The minimum Gasteiger partial charge on any atom is -0.487 e. The van der Waals surface area contributed by atoms with Crippen LogP contribution in [-0.4, -0.2) is 30.1 Å². The summed E-state index contributed by atoms with van der Waals surface area (Å²) in [4.78, 5) is 22.2. The van der Waals surface area contributed by atoms with Gasteiger partial charge in [-0.1, -0.05) is 6.07 Å². The summed E-state index contributed by atoms with van der Waals surface area (Å²) in [6, 6.07) is 3.97. The Morgan fingerprint density at radius 2 is 2.10 bits per heavy atom. The largest absolute Gasteiger partial charge is 0.487 e. The summed E-state index contributed by atoms with van der Waals surface area (Å²) in [7, 11) is 0. The second-order valence-electron chi connectivity index (χ2n) is 3.96. The number of hydrogen-bond donors (Lipinski definition) is 1. The maximum Gasteiger partial charge on any atom is 0.333 e. The van der Waals surface area contributed by atoms with E-state index in [0.29, 0.717) is 6.61 Å². The quantitative estimate of drug-likeness (QED) is 0.469. The standard InChI is InChI=1S/C13H18N2O5/c1-4-19-11-8-6-7-10(12(11)15(17)18)14-9(3)13(16)20-5-2/h6-9,14H,4-5H2,1-3H3. The van der Waals surface area contributed by atoms with Crippen molar-refractivity contribution < 1.29 is 19.2 Å². The van der Waals surface area contributed by atoms with Crippen LogP contribution in [0.3, 0.4) is 0 Å². The van der Waals surface area contributed by atoms with Gasteiger partial charge in [-0.25, -0.2) is 4.79 Å². The fourth-order valence-electron chi connectivity index (χ4n) is 1.66. The monoisotopic (exact) mass is 282 g/mol. The Labute approximate surface area is 117 Å². The van der Waals surface area contributed by atoms with Crippen molar-refractivity contribution in [3.63, 3.8) is 0 Å². The molecule has 1 unspecified atom stereocenters. The predicted molar refractivity (Wildman–Crippen MR) is 74.0 cm³/mol. The molecule has 0 bridgehead atoms. The second kappa shape index (κ2) is 7.32. The highest BCUT2D eigenvalue weighted by atomic mass is 16.6. The van der Waals surface area contributed by atoms with Crippen LogP contribution >= 0.6 is 0 Å². The molecule has 7 nitrogen and oxygen atoms in total. The van der Waals surface area contributed by atoms with Gasteiger partial charge in [0.1, 0.15) is 11.7 Å². The summed E-state index contributed by atoms with van der Waals surface area (Å²) in [6.45, 7) is 5.59. The lowest BCUT2D eigenvalue weighted by Crippen LogP contribution is -2.28. The van der Waals surface area contributed by atoms with Crippen molar-refractivity contribution >= 4 is 17.3 Å². The summed E-state index contributed by atoms with van der Waals surface area (Å²) in [5, 5.41) is 13.9. The van der Waals surface area contributed by atoms with E-state index in [1.807, 2.05) is 0 Å². The van der Waals surface area contributed by atoms with Crippen molar-refractivity contribution in [1.29, 1.82) is 0 Å². The average molecular weight is 282 g/mol. The van der Waals surface area contributed by atoms with Crippen LogP contribution in [0.15, 0.2) is 18.2 Å². The lowest BCUT2D eigenvalue weighted by molar-refractivity contribution is -0.384. The molecule has 0 heterocycles. The molecule has 1 aromatic rings. The summed E-state index contributed by atoms with van der Waals surface area (Å²) < 4.78 is 10.1. The van der Waals surface area contributed by atoms with E-state index < -0.39 is 16.9 Å². The Kier molecular flexibility index (Phi) is 5.76. The van der Waals surface area contributed by atoms with Gasteiger partial charge in [0.15, 0.2) is 5.75 Å². The van der Waals surface area contributed by atoms with Crippen molar-refractivity contribution in [3.8, 4) is 5.75 Å². The smallest absolute Gasteiger partial charge is 0.333 e. The number of nitrogens with one attached hydrogen (secondary N) is 1. The summed E-state index contributed by atoms with van der Waals surface area (Å²) in [6.07, 6.45) is 0. The molecule has 0 saturated heterocycles. The van der Waals surface area contributed by atoms with Crippen molar-refractivity contribution in [3.05, 3.63) is 28.3 Å². The molecule has 0 aliphatic carbocycles. The Balaban J connectivity index is 3.02. The Morgan fingerprint density at radius 1 is 1.40 bits per heavy atom. The van der Waals surface area contributed by atoms with Gasteiger partial charge in [0, 0.05) is 0 Å². The van der Waals surface area contributed by atoms with Crippen molar-refractivity contribution in [1.82, 2.24) is 0 Å². The van der Waals surface area contributed by atoms with Gasteiger partial charge in [0.05, 0.1) is 18.1 Å². The molecule has 0 spiro atoms. The average Bonchev–Trinajstić information content (AvgIpc) is 2.39. The van der Waals surface area contributed by atoms with E-state index in [2.05, 4.69) is 5.32 Å². The fourth-order valence-corrected chi connectivity index (χ4v) is 1.66. The molecule has 0 radical (unpaired) electrons. The molecular weight excluding hydrogens is 264 g/mol. The zero-order valence-corrected chi connectivity index (χ0v) is 11.7. The fraction of sp³-hybridized carbons (Fsp3) is 0.462. The molecule has 1 aromatic carbocycles. The van der Waals surface area contributed by atoms with E-state index in [1.165, 1.54) is 12.1 Å². The Morgan fingerprint density at radius 3 is 2.65 bits per heavy atom. The van der Waals surface area contributed by atoms with Gasteiger partial charge in [-0.15, -0.1) is 0 Å². The van der Waals surface area contributed by atoms with Crippen LogP contribution in [0.4, 0.5) is 11.4 Å². The molecule has 1 atom stereocenters. The topological polar surface area (TPSA) is 90.7 Å². The number of ether oxygens (including phenoxy) is 2. The van der Waals surface area contributed by atoms with E-state index in [4.69, 9.17) is 9.47 Å². The third-order valence-electron chi connectivity index (χ3n) is 2.49. The number of esters is 1. The molecule has 0 aliphatic rings. The summed E-state index contributed by atoms with van der Waals surface area (Å²) in [5.74, 6) is -0.304. The zero-order chi connectivity index (χ0) is 15.1. The number of nitro groups is 1. The van der Waals surface area contributed by atoms with Crippen LogP contribution in [0.2, 0.25) is 0 Å². The van der Waals surface area contributed by atoms with E-state index in [9.17, 15) is 14.9 Å². The molecule has 0 saturated carbocycles. The van der Waals surface area contributed by atoms with E-state index in [-0.39, 0.29) is 23.7 Å². The molecule has 0 amide bonds. The Hall–Kier alpha value is -2.31. The highest BCUT2D eigenvalue weighted by molar-refractivity contribution is 5.81. The number of hydrogen-bond acceptors (Lipinski definition) is 6. The minimum atomic E-state index is -0.689. The number of rotatable bonds is 7. The van der Waals surface area contributed by atoms with Gasteiger partial charge in [-0.3, -0.25) is 10.1 Å². The van der Waals surface area contributed by atoms with E-state index >= 15 is 0 Å². The number of carbonyl (C=O) groups excluding carboxylic acids is 1. The van der Waals surface area contributed by atoms with Gasteiger partial charge >= 0.3 is 11.7 Å². The van der Waals surface area contributed by atoms with Crippen LogP contribution in [0.5, 0.6) is 5.75 Å². The zero-order valence-electron chi connectivity index (χ0n) is 11.7. The molecular formula is C13H18N2O5. The first kappa shape index (κ1) is 15.7. The van der Waals surface area contributed by atoms with Gasteiger partial charge in [-0.2, -0.15) is 0 Å². The van der Waals surface area contributed by atoms with Crippen LogP contribution in [-0.2, 0) is 9.53 Å². The minimum absolute atomic E-state index is 0.165. The molecule has 0 fully saturated rings. The normalized spacial score (nSPS) is 11.6. The van der Waals surface area contributed by atoms with Crippen molar-refractivity contribution in [2.24, 2.45) is 0 Å². The number of nitro benzene ring substituents is 1. The number of anilines is 1. The van der Waals surface area contributed by atoms with Gasteiger partial charge < -0.3 is 14.8 Å². The molecule has 1 N–H and O–H groups in total. The first-order valence-electron chi connectivity index (χ1n) is 6.34. The molecule has 7 heteroatoms. The highest BCUT2D eigenvalue weighted by Gasteiger charge is 2.24. The lowest BCUT2D eigenvalue weighted by Gasteiger charge is -2.15. The highest BCUT2D eigenvalue weighted by Crippen LogP contribution is 2.35. The van der Waals surface area contributed by atoms with Crippen LogP contribution in [0.25, 0.3) is 0 Å². The third kappa shape index (κ3) is 3.84. The van der Waals surface area contributed by atoms with Crippen LogP contribution in [0, 0.1) is 10.1 Å². The van der Waals surface area contributed by atoms with Crippen molar-refractivity contribution in [2.75, 3.05) is 18.5 Å². The number of benzene rings is 1. The van der Waals surface area contributed by atoms with Gasteiger partial charge in [0.25, 0.3) is 0 Å². The van der Waals surface area contributed by atoms with Crippen LogP contribution in [0.1, 0.15) is 20.8 Å². The SMILES string of the molecule is CCOC(=O)C(C)Nc1cccc(OCC)c1[N+](=O)[O-]. The molecule has 20 heavy (non-hydrogen) atoms. The van der Waals surface area contributed by atoms with Crippen LogP contribution < -0.4 is 10.1 Å². The Bertz CT molecular complexity index is 490. The molecule has 1 rings (SSSR count). The molecule has 110 valence electrons. The molecule has 0 aromatic heterocycles. The molecule has 0 aliphatic heterocycles. The predicted octanol–water partition coefficient (Wildman–Crippen LogP) is 2.36. The lowest BCUT2D eigenvalue weighted by atomic mass is 10.2. The number of carbonyl (C=O) groups is 1. The number of nitrogens with zero attached hydrogens (tertiary/aromatic N) is 1. The summed E-state index contributed by atoms with van der Waals surface area (Å²) >= 11 is 0. The van der Waals surface area contributed by atoms with E-state index in [1.54, 1.807) is 26.8 Å². The third-order valence-corrected chi connectivity index (χ3v) is 2.49. The summed E-state index contributed by atoms with van der Waals surface area (Å²) in [5.41, 5.74) is 0.0343. The second-order valence-corrected chi connectivity index (χ2v) is 3.96. The van der Waals surface area contributed by atoms with Gasteiger partial charge in [0.2, 0.25) is 0 Å². The first-order valence-corrected chi connectivity index (χ1v) is 6.34. The van der Waals surface area contributed by atoms with Crippen molar-refractivity contribution in [2.45, 2.75) is 26.8 Å². The number of para-hydroxylation sites is 1. The van der Waals surface area contributed by atoms with Gasteiger partial charge in [-0.05, 0) is 32.9 Å². The maximum atomic E-state index is 11.6. The van der Waals surface area contributed by atoms with E-state index in [0.717, 1.165) is 0 Å². The maximum absolute atomic E-state index is 11.6. The first-order chi connectivity index (χ1) is 9.51.